The first-order valence-corrected chi connectivity index (χ1v) is 7.65. The highest BCUT2D eigenvalue weighted by Crippen LogP contribution is 2.30. The summed E-state index contributed by atoms with van der Waals surface area (Å²) in [5, 5.41) is 0.0876. The lowest BCUT2D eigenvalue weighted by Gasteiger charge is -2.09. The van der Waals surface area contributed by atoms with Gasteiger partial charge in [-0.25, -0.2) is 0 Å². The van der Waals surface area contributed by atoms with E-state index >= 15 is 0 Å². The third-order valence-corrected chi connectivity index (χ3v) is 3.76. The van der Waals surface area contributed by atoms with Crippen molar-refractivity contribution in [1.82, 2.24) is 4.98 Å². The number of halogens is 3. The summed E-state index contributed by atoms with van der Waals surface area (Å²) in [6.45, 7) is 2.15. The molecule has 0 saturated heterocycles. The number of H-pyrrole nitrogens is 1. The minimum atomic E-state index is -4.43. The van der Waals surface area contributed by atoms with E-state index in [1.165, 1.54) is 31.4 Å². The Balaban J connectivity index is 2.18. The number of alkyl halides is 3. The first-order valence-electron chi connectivity index (χ1n) is 7.65. The molecule has 0 spiro atoms. The molecule has 0 radical (unpaired) electrons. The molecule has 0 fully saturated rings. The fraction of sp³-hybridized carbons (Fsp3) is 0.471. The summed E-state index contributed by atoms with van der Waals surface area (Å²) in [4.78, 5) is 15.1. The third kappa shape index (κ3) is 4.12. The van der Waals surface area contributed by atoms with Crippen molar-refractivity contribution in [3.63, 3.8) is 0 Å². The second-order valence-corrected chi connectivity index (χ2v) is 5.58. The zero-order valence-electron chi connectivity index (χ0n) is 12.6. The largest absolute Gasteiger partial charge is 0.416 e. The molecule has 5 heteroatoms. The molecule has 0 unspecified atom stereocenters. The molecule has 0 atom stereocenters. The number of hydrogen-bond donors (Lipinski definition) is 1. The minimum Gasteiger partial charge on any atom is -0.358 e. The van der Waals surface area contributed by atoms with Crippen molar-refractivity contribution < 1.29 is 13.2 Å². The molecule has 0 aliphatic heterocycles. The van der Waals surface area contributed by atoms with E-state index in [-0.39, 0.29) is 10.8 Å². The summed E-state index contributed by atoms with van der Waals surface area (Å²) in [5.74, 6) is 0. The van der Waals surface area contributed by atoms with Gasteiger partial charge in [0.05, 0.1) is 5.56 Å². The molecule has 0 aliphatic rings. The maximum Gasteiger partial charge on any atom is 0.416 e. The van der Waals surface area contributed by atoms with E-state index in [9.17, 15) is 18.0 Å². The monoisotopic (exact) mass is 311 g/mol. The van der Waals surface area contributed by atoms with Crippen LogP contribution in [0.15, 0.2) is 29.1 Å². The fourth-order valence-electron chi connectivity index (χ4n) is 2.53. The van der Waals surface area contributed by atoms with Crippen molar-refractivity contribution in [2.24, 2.45) is 0 Å². The van der Waals surface area contributed by atoms with E-state index in [0.717, 1.165) is 37.1 Å². The van der Waals surface area contributed by atoms with Gasteiger partial charge >= 0.3 is 6.18 Å². The Labute approximate surface area is 127 Å². The molecule has 2 rings (SSSR count). The number of aromatic amines is 1. The Morgan fingerprint density at radius 3 is 2.45 bits per heavy atom. The molecular weight excluding hydrogens is 291 g/mol. The van der Waals surface area contributed by atoms with Crippen LogP contribution < -0.4 is 5.43 Å². The van der Waals surface area contributed by atoms with Crippen LogP contribution in [-0.4, -0.2) is 4.98 Å². The van der Waals surface area contributed by atoms with Crippen molar-refractivity contribution in [2.75, 3.05) is 0 Å². The van der Waals surface area contributed by atoms with E-state index in [2.05, 4.69) is 11.9 Å². The van der Waals surface area contributed by atoms with Crippen LogP contribution >= 0.6 is 0 Å². The third-order valence-electron chi connectivity index (χ3n) is 3.76. The Hall–Kier alpha value is -1.78. The van der Waals surface area contributed by atoms with Crippen LogP contribution in [0.4, 0.5) is 13.2 Å². The number of aryl methyl sites for hydroxylation is 1. The average Bonchev–Trinajstić information content (AvgIpc) is 2.46. The second kappa shape index (κ2) is 6.99. The molecular formula is C17H20F3NO. The number of fused-ring (bicyclic) bond motifs is 1. The highest BCUT2D eigenvalue weighted by Gasteiger charge is 2.30. The van der Waals surface area contributed by atoms with Gasteiger partial charge in [0.25, 0.3) is 0 Å². The van der Waals surface area contributed by atoms with E-state index in [4.69, 9.17) is 0 Å². The Bertz CT molecular complexity index is 688. The van der Waals surface area contributed by atoms with Gasteiger partial charge in [-0.15, -0.1) is 0 Å². The summed E-state index contributed by atoms with van der Waals surface area (Å²) in [6, 6.07) is 4.67. The van der Waals surface area contributed by atoms with Crippen molar-refractivity contribution in [3.8, 4) is 0 Å². The standard InChI is InChI=1S/C17H20F3NO/c1-2-3-4-5-6-7-13-11-16(22)14-10-12(17(18,19)20)8-9-15(14)21-13/h8-11H,2-7H2,1H3,(H,21,22). The zero-order chi connectivity index (χ0) is 16.2. The molecule has 1 aromatic carbocycles. The number of rotatable bonds is 6. The van der Waals surface area contributed by atoms with E-state index < -0.39 is 11.7 Å². The lowest BCUT2D eigenvalue weighted by Crippen LogP contribution is -2.09. The van der Waals surface area contributed by atoms with Gasteiger partial charge in [-0.1, -0.05) is 32.6 Å². The molecule has 2 aromatic rings. The molecule has 2 nitrogen and oxygen atoms in total. The second-order valence-electron chi connectivity index (χ2n) is 5.58. The van der Waals surface area contributed by atoms with E-state index in [0.29, 0.717) is 5.52 Å². The molecule has 1 N–H and O–H groups in total. The van der Waals surface area contributed by atoms with Gasteiger partial charge in [-0.2, -0.15) is 13.2 Å². The fourth-order valence-corrected chi connectivity index (χ4v) is 2.53. The van der Waals surface area contributed by atoms with Crippen molar-refractivity contribution in [1.29, 1.82) is 0 Å². The number of hydrogen-bond acceptors (Lipinski definition) is 1. The van der Waals surface area contributed by atoms with Crippen molar-refractivity contribution in [3.05, 3.63) is 45.7 Å². The van der Waals surface area contributed by atoms with Gasteiger partial charge in [-0.3, -0.25) is 4.79 Å². The maximum absolute atomic E-state index is 12.7. The number of unbranched alkanes of at least 4 members (excludes halogenated alkanes) is 4. The SMILES string of the molecule is CCCCCCCc1cc(=O)c2cc(C(F)(F)F)ccc2[nH]1. The van der Waals surface area contributed by atoms with Gasteiger partial charge in [0.2, 0.25) is 0 Å². The van der Waals surface area contributed by atoms with Gasteiger partial charge in [0, 0.05) is 22.7 Å². The first kappa shape index (κ1) is 16.6. The van der Waals surface area contributed by atoms with Crippen LogP contribution in [0.5, 0.6) is 0 Å². The van der Waals surface area contributed by atoms with Crippen LogP contribution in [-0.2, 0) is 12.6 Å². The molecule has 0 saturated carbocycles. The number of pyridine rings is 1. The lowest BCUT2D eigenvalue weighted by molar-refractivity contribution is -0.137. The molecule has 1 heterocycles. The lowest BCUT2D eigenvalue weighted by atomic mass is 10.1. The van der Waals surface area contributed by atoms with Gasteiger partial charge in [0.1, 0.15) is 0 Å². The van der Waals surface area contributed by atoms with Crippen LogP contribution in [0, 0.1) is 0 Å². The number of nitrogens with one attached hydrogen (secondary N) is 1. The Morgan fingerprint density at radius 1 is 1.05 bits per heavy atom. The van der Waals surface area contributed by atoms with Gasteiger partial charge < -0.3 is 4.98 Å². The molecule has 0 aliphatic carbocycles. The molecule has 1 aromatic heterocycles. The average molecular weight is 311 g/mol. The molecule has 22 heavy (non-hydrogen) atoms. The van der Waals surface area contributed by atoms with Gasteiger partial charge in [0.15, 0.2) is 5.43 Å². The zero-order valence-corrected chi connectivity index (χ0v) is 12.6. The van der Waals surface area contributed by atoms with Crippen molar-refractivity contribution >= 4 is 10.9 Å². The van der Waals surface area contributed by atoms with E-state index in [1.807, 2.05) is 0 Å². The van der Waals surface area contributed by atoms with E-state index in [1.54, 1.807) is 0 Å². The summed E-state index contributed by atoms with van der Waals surface area (Å²) in [7, 11) is 0. The number of aromatic nitrogens is 1. The quantitative estimate of drug-likeness (QED) is 0.743. The predicted molar refractivity (Wildman–Crippen MR) is 82.0 cm³/mol. The Kier molecular flexibility index (Phi) is 5.27. The molecule has 0 amide bonds. The van der Waals surface area contributed by atoms with Crippen LogP contribution in [0.2, 0.25) is 0 Å². The van der Waals surface area contributed by atoms with Crippen LogP contribution in [0.1, 0.15) is 50.3 Å². The summed E-state index contributed by atoms with van der Waals surface area (Å²) in [6.07, 6.45) is 1.93. The predicted octanol–water partition coefficient (Wildman–Crippen LogP) is 5.06. The molecule has 0 bridgehead atoms. The highest BCUT2D eigenvalue weighted by molar-refractivity contribution is 5.79. The topological polar surface area (TPSA) is 32.9 Å². The highest BCUT2D eigenvalue weighted by atomic mass is 19.4. The van der Waals surface area contributed by atoms with Crippen LogP contribution in [0.3, 0.4) is 0 Å². The summed E-state index contributed by atoms with van der Waals surface area (Å²) < 4.78 is 38.0. The minimum absolute atomic E-state index is 0.0876. The summed E-state index contributed by atoms with van der Waals surface area (Å²) in [5.41, 5.74) is 0.0963. The number of benzene rings is 1. The Morgan fingerprint density at radius 2 is 1.77 bits per heavy atom. The normalized spacial score (nSPS) is 12.0. The maximum atomic E-state index is 12.7. The van der Waals surface area contributed by atoms with Crippen LogP contribution in [0.25, 0.3) is 10.9 Å². The summed E-state index contributed by atoms with van der Waals surface area (Å²) >= 11 is 0. The molecule has 120 valence electrons. The first-order chi connectivity index (χ1) is 10.4. The smallest absolute Gasteiger partial charge is 0.358 e. The van der Waals surface area contributed by atoms with Crippen molar-refractivity contribution in [2.45, 2.75) is 51.6 Å². The van der Waals surface area contributed by atoms with Gasteiger partial charge in [-0.05, 0) is 31.0 Å².